The average molecular weight is 383 g/mol. The van der Waals surface area contributed by atoms with E-state index in [9.17, 15) is 26.7 Å². The summed E-state index contributed by atoms with van der Waals surface area (Å²) < 4.78 is 73.3. The summed E-state index contributed by atoms with van der Waals surface area (Å²) in [5, 5.41) is 3.53. The van der Waals surface area contributed by atoms with Gasteiger partial charge in [-0.3, -0.25) is 0 Å². The van der Waals surface area contributed by atoms with Crippen molar-refractivity contribution in [3.8, 4) is 0 Å². The normalized spacial score (nSPS) is 21.5. The lowest BCUT2D eigenvalue weighted by Crippen LogP contribution is -2.42. The van der Waals surface area contributed by atoms with Gasteiger partial charge in [0, 0.05) is 23.6 Å². The molecule has 0 fully saturated rings. The molecule has 2 aliphatic rings. The van der Waals surface area contributed by atoms with E-state index in [-0.39, 0.29) is 12.3 Å². The summed E-state index contributed by atoms with van der Waals surface area (Å²) in [5.74, 6) is -2.82. The number of alkyl halides is 3. The number of nitrogens with zero attached hydrogens (tertiary/aromatic N) is 1. The van der Waals surface area contributed by atoms with Gasteiger partial charge in [-0.2, -0.15) is 13.2 Å². The highest BCUT2D eigenvalue weighted by Gasteiger charge is 2.62. The van der Waals surface area contributed by atoms with Crippen molar-refractivity contribution in [1.82, 2.24) is 0 Å². The molecule has 0 spiro atoms. The molecular formula is C18H10F5NO3. The van der Waals surface area contributed by atoms with E-state index in [4.69, 9.17) is 9.57 Å². The molecule has 0 aliphatic carbocycles. The van der Waals surface area contributed by atoms with Crippen LogP contribution in [0.2, 0.25) is 0 Å². The van der Waals surface area contributed by atoms with Gasteiger partial charge >= 0.3 is 12.1 Å². The molecule has 1 atom stereocenters. The standard InChI is InChI=1S/C18H10F5NO3/c19-12-4-11(5-13(20)6-12)17(18(21,22)23)7-15(24-27-17)9-1-2-14-10(3-9)8-26-16(14)25/h1-6H,7-8H2. The average Bonchev–Trinajstić information content (AvgIpc) is 3.19. The Balaban J connectivity index is 1.73. The third-order valence-electron chi connectivity index (χ3n) is 4.53. The maximum atomic E-state index is 13.8. The third kappa shape index (κ3) is 2.73. The van der Waals surface area contributed by atoms with Gasteiger partial charge in [-0.15, -0.1) is 0 Å². The zero-order chi connectivity index (χ0) is 19.4. The SMILES string of the molecule is O=C1OCc2cc(C3=NOC(c4cc(F)cc(F)c4)(C(F)(F)F)C3)ccc21. The predicted molar refractivity (Wildman–Crippen MR) is 81.9 cm³/mol. The Labute approximate surface area is 149 Å². The number of carbonyl (C=O) groups excluding carboxylic acids is 1. The number of ether oxygens (including phenoxy) is 1. The van der Waals surface area contributed by atoms with Crippen LogP contribution in [-0.4, -0.2) is 17.9 Å². The van der Waals surface area contributed by atoms with Crippen LogP contribution in [0.4, 0.5) is 22.0 Å². The lowest BCUT2D eigenvalue weighted by molar-refractivity contribution is -0.276. The van der Waals surface area contributed by atoms with Gasteiger partial charge < -0.3 is 9.57 Å². The first-order valence-electron chi connectivity index (χ1n) is 7.78. The summed E-state index contributed by atoms with van der Waals surface area (Å²) in [5.41, 5.74) is -2.63. The van der Waals surface area contributed by atoms with Crippen molar-refractivity contribution < 1.29 is 36.3 Å². The molecule has 1 unspecified atom stereocenters. The minimum absolute atomic E-state index is 0.00959. The van der Waals surface area contributed by atoms with Crippen molar-refractivity contribution in [3.63, 3.8) is 0 Å². The van der Waals surface area contributed by atoms with Gasteiger partial charge in [0.25, 0.3) is 5.60 Å². The summed E-state index contributed by atoms with van der Waals surface area (Å²) in [6.07, 6.45) is -5.75. The van der Waals surface area contributed by atoms with Gasteiger partial charge in [0.1, 0.15) is 18.2 Å². The van der Waals surface area contributed by atoms with Crippen LogP contribution in [0.5, 0.6) is 0 Å². The Morgan fingerprint density at radius 3 is 2.41 bits per heavy atom. The quantitative estimate of drug-likeness (QED) is 0.576. The number of fused-ring (bicyclic) bond motifs is 1. The molecule has 0 N–H and O–H groups in total. The van der Waals surface area contributed by atoms with Gasteiger partial charge in [-0.25, -0.2) is 13.6 Å². The predicted octanol–water partition coefficient (Wildman–Crippen LogP) is 4.22. The summed E-state index contributed by atoms with van der Waals surface area (Å²) in [4.78, 5) is 16.2. The summed E-state index contributed by atoms with van der Waals surface area (Å²) in [6.45, 7) is 0.00959. The minimum atomic E-state index is -4.98. The number of hydrogen-bond acceptors (Lipinski definition) is 4. The summed E-state index contributed by atoms with van der Waals surface area (Å²) in [7, 11) is 0. The maximum Gasteiger partial charge on any atom is 0.435 e. The topological polar surface area (TPSA) is 47.9 Å². The number of oxime groups is 1. The molecule has 0 amide bonds. The second-order valence-electron chi connectivity index (χ2n) is 6.24. The number of rotatable bonds is 2. The Morgan fingerprint density at radius 2 is 1.74 bits per heavy atom. The smallest absolute Gasteiger partial charge is 0.435 e. The van der Waals surface area contributed by atoms with E-state index < -0.39 is 41.4 Å². The van der Waals surface area contributed by atoms with Crippen LogP contribution >= 0.6 is 0 Å². The van der Waals surface area contributed by atoms with E-state index in [0.29, 0.717) is 34.9 Å². The van der Waals surface area contributed by atoms with Crippen LogP contribution < -0.4 is 0 Å². The van der Waals surface area contributed by atoms with E-state index in [1.165, 1.54) is 18.2 Å². The fourth-order valence-corrected chi connectivity index (χ4v) is 3.16. The largest absolute Gasteiger partial charge is 0.457 e. The fourth-order valence-electron chi connectivity index (χ4n) is 3.16. The van der Waals surface area contributed by atoms with Crippen LogP contribution in [0.15, 0.2) is 41.6 Å². The molecular weight excluding hydrogens is 373 g/mol. The second-order valence-corrected chi connectivity index (χ2v) is 6.24. The molecule has 2 aromatic carbocycles. The molecule has 2 aromatic rings. The van der Waals surface area contributed by atoms with Crippen molar-refractivity contribution >= 4 is 11.7 Å². The number of esters is 1. The molecule has 4 nitrogen and oxygen atoms in total. The lowest BCUT2D eigenvalue weighted by atomic mass is 9.86. The third-order valence-corrected chi connectivity index (χ3v) is 4.53. The molecule has 27 heavy (non-hydrogen) atoms. The Bertz CT molecular complexity index is 965. The highest BCUT2D eigenvalue weighted by Crippen LogP contribution is 2.49. The minimum Gasteiger partial charge on any atom is -0.457 e. The molecule has 9 heteroatoms. The number of halogens is 5. The number of hydrogen-bond donors (Lipinski definition) is 0. The molecule has 0 saturated heterocycles. The fraction of sp³-hybridized carbons (Fsp3) is 0.222. The van der Waals surface area contributed by atoms with Crippen molar-refractivity contribution in [3.05, 3.63) is 70.3 Å². The van der Waals surface area contributed by atoms with Crippen molar-refractivity contribution in [1.29, 1.82) is 0 Å². The van der Waals surface area contributed by atoms with E-state index in [0.717, 1.165) is 0 Å². The first kappa shape index (κ1) is 17.4. The molecule has 2 heterocycles. The van der Waals surface area contributed by atoms with Gasteiger partial charge in [0.2, 0.25) is 0 Å². The van der Waals surface area contributed by atoms with E-state index >= 15 is 0 Å². The molecule has 4 rings (SSSR count). The van der Waals surface area contributed by atoms with E-state index in [1.807, 2.05) is 0 Å². The van der Waals surface area contributed by atoms with Gasteiger partial charge in [-0.05, 0) is 29.8 Å². The molecule has 140 valence electrons. The first-order valence-corrected chi connectivity index (χ1v) is 7.78. The van der Waals surface area contributed by atoms with Crippen LogP contribution in [0.1, 0.15) is 33.5 Å². The van der Waals surface area contributed by atoms with Crippen LogP contribution in [0.3, 0.4) is 0 Å². The maximum absolute atomic E-state index is 13.8. The second kappa shape index (κ2) is 5.77. The highest BCUT2D eigenvalue weighted by molar-refractivity contribution is 6.03. The molecule has 2 aliphatic heterocycles. The lowest BCUT2D eigenvalue weighted by Gasteiger charge is -2.29. The van der Waals surface area contributed by atoms with Crippen molar-refractivity contribution in [2.75, 3.05) is 0 Å². The van der Waals surface area contributed by atoms with Crippen LogP contribution in [0, 0.1) is 11.6 Å². The van der Waals surface area contributed by atoms with E-state index in [1.54, 1.807) is 0 Å². The molecule has 0 radical (unpaired) electrons. The van der Waals surface area contributed by atoms with Gasteiger partial charge in [-0.1, -0.05) is 11.2 Å². The summed E-state index contributed by atoms with van der Waals surface area (Å²) in [6, 6.07) is 5.96. The summed E-state index contributed by atoms with van der Waals surface area (Å²) >= 11 is 0. The van der Waals surface area contributed by atoms with Crippen LogP contribution in [-0.2, 0) is 21.8 Å². The molecule has 0 aromatic heterocycles. The molecule has 0 saturated carbocycles. The Morgan fingerprint density at radius 1 is 1.04 bits per heavy atom. The Kier molecular flexibility index (Phi) is 3.72. The molecule has 0 bridgehead atoms. The Hall–Kier alpha value is -2.97. The highest BCUT2D eigenvalue weighted by atomic mass is 19.4. The van der Waals surface area contributed by atoms with Crippen molar-refractivity contribution in [2.24, 2.45) is 5.16 Å². The monoisotopic (exact) mass is 383 g/mol. The van der Waals surface area contributed by atoms with Crippen LogP contribution in [0.25, 0.3) is 0 Å². The number of cyclic esters (lactones) is 1. The number of carbonyl (C=O) groups is 1. The van der Waals surface area contributed by atoms with Gasteiger partial charge in [0.05, 0.1) is 11.3 Å². The van der Waals surface area contributed by atoms with Crippen molar-refractivity contribution in [2.45, 2.75) is 24.8 Å². The zero-order valence-electron chi connectivity index (χ0n) is 13.4. The zero-order valence-corrected chi connectivity index (χ0v) is 13.4. The van der Waals surface area contributed by atoms with E-state index in [2.05, 4.69) is 5.16 Å². The number of benzene rings is 2. The first-order chi connectivity index (χ1) is 12.7. The van der Waals surface area contributed by atoms with Gasteiger partial charge in [0.15, 0.2) is 0 Å².